The van der Waals surface area contributed by atoms with Gasteiger partial charge in [0, 0.05) is 19.2 Å². The average molecular weight is 281 g/mol. The van der Waals surface area contributed by atoms with Gasteiger partial charge in [-0.25, -0.2) is 0 Å². The summed E-state index contributed by atoms with van der Waals surface area (Å²) < 4.78 is 5.64. The van der Waals surface area contributed by atoms with Gasteiger partial charge in [0.15, 0.2) is 0 Å². The number of hydrogen-bond acceptors (Lipinski definition) is 4. The lowest BCUT2D eigenvalue weighted by molar-refractivity contribution is 0.101. The van der Waals surface area contributed by atoms with Crippen LogP contribution < -0.4 is 10.1 Å². The first-order valence-electron chi connectivity index (χ1n) is 7.29. The number of rotatable bonds is 9. The number of aliphatic hydroxyl groups is 2. The molecule has 20 heavy (non-hydrogen) atoms. The molecule has 0 aliphatic carbocycles. The maximum Gasteiger partial charge on any atom is 0.122 e. The third kappa shape index (κ3) is 5.90. The number of ether oxygens (including phenoxy) is 1. The molecular formula is C16H27NO3. The van der Waals surface area contributed by atoms with Gasteiger partial charge in [0.05, 0.1) is 0 Å². The zero-order valence-electron chi connectivity index (χ0n) is 12.7. The van der Waals surface area contributed by atoms with Crippen molar-refractivity contribution in [1.29, 1.82) is 0 Å². The number of nitrogens with one attached hydrogen (secondary N) is 1. The van der Waals surface area contributed by atoms with Crippen LogP contribution in [0.15, 0.2) is 18.2 Å². The SMILES string of the molecule is CCC(CCO)NCC(O)COc1ccc(C)cc1C. The van der Waals surface area contributed by atoms with E-state index >= 15 is 0 Å². The molecule has 4 heteroatoms. The summed E-state index contributed by atoms with van der Waals surface area (Å²) in [5.74, 6) is 0.817. The summed E-state index contributed by atoms with van der Waals surface area (Å²) in [6.07, 6.45) is 1.09. The lowest BCUT2D eigenvalue weighted by Gasteiger charge is -2.19. The van der Waals surface area contributed by atoms with E-state index in [0.29, 0.717) is 13.0 Å². The molecule has 3 N–H and O–H groups in total. The van der Waals surface area contributed by atoms with Crippen LogP contribution in [0.4, 0.5) is 0 Å². The molecule has 2 atom stereocenters. The van der Waals surface area contributed by atoms with Crippen molar-refractivity contribution in [2.24, 2.45) is 0 Å². The van der Waals surface area contributed by atoms with Crippen molar-refractivity contribution in [3.05, 3.63) is 29.3 Å². The van der Waals surface area contributed by atoms with Gasteiger partial charge in [-0.2, -0.15) is 0 Å². The summed E-state index contributed by atoms with van der Waals surface area (Å²) in [5, 5.41) is 22.1. The minimum absolute atomic E-state index is 0.167. The lowest BCUT2D eigenvalue weighted by atomic mass is 10.1. The van der Waals surface area contributed by atoms with Gasteiger partial charge in [-0.1, -0.05) is 24.6 Å². The van der Waals surface area contributed by atoms with Crippen LogP contribution in [-0.2, 0) is 0 Å². The van der Waals surface area contributed by atoms with E-state index in [1.807, 2.05) is 26.0 Å². The molecule has 0 aliphatic heterocycles. The molecule has 0 saturated heterocycles. The van der Waals surface area contributed by atoms with Crippen molar-refractivity contribution in [2.75, 3.05) is 19.8 Å². The zero-order chi connectivity index (χ0) is 15.0. The van der Waals surface area contributed by atoms with Gasteiger partial charge in [-0.15, -0.1) is 0 Å². The third-order valence-corrected chi connectivity index (χ3v) is 3.37. The van der Waals surface area contributed by atoms with E-state index in [2.05, 4.69) is 18.3 Å². The van der Waals surface area contributed by atoms with Gasteiger partial charge < -0.3 is 20.3 Å². The highest BCUT2D eigenvalue weighted by Crippen LogP contribution is 2.18. The lowest BCUT2D eigenvalue weighted by Crippen LogP contribution is -2.38. The molecule has 0 saturated carbocycles. The van der Waals surface area contributed by atoms with Crippen molar-refractivity contribution >= 4 is 0 Å². The van der Waals surface area contributed by atoms with Crippen LogP contribution in [0.1, 0.15) is 30.9 Å². The molecular weight excluding hydrogens is 254 g/mol. The summed E-state index contributed by atoms with van der Waals surface area (Å²) in [5.41, 5.74) is 2.28. The molecule has 2 unspecified atom stereocenters. The third-order valence-electron chi connectivity index (χ3n) is 3.37. The van der Waals surface area contributed by atoms with Crippen molar-refractivity contribution < 1.29 is 14.9 Å². The van der Waals surface area contributed by atoms with Crippen LogP contribution >= 0.6 is 0 Å². The predicted octanol–water partition coefficient (Wildman–Crippen LogP) is 1.79. The van der Waals surface area contributed by atoms with Crippen LogP contribution in [0.3, 0.4) is 0 Å². The van der Waals surface area contributed by atoms with E-state index in [-0.39, 0.29) is 19.3 Å². The molecule has 1 aromatic rings. The fourth-order valence-corrected chi connectivity index (χ4v) is 2.12. The van der Waals surface area contributed by atoms with E-state index in [9.17, 15) is 5.11 Å². The fourth-order valence-electron chi connectivity index (χ4n) is 2.12. The summed E-state index contributed by atoms with van der Waals surface area (Å²) in [7, 11) is 0. The molecule has 0 heterocycles. The summed E-state index contributed by atoms with van der Waals surface area (Å²) >= 11 is 0. The van der Waals surface area contributed by atoms with Gasteiger partial charge in [-0.05, 0) is 38.3 Å². The monoisotopic (exact) mass is 281 g/mol. The highest BCUT2D eigenvalue weighted by molar-refractivity contribution is 5.35. The molecule has 4 nitrogen and oxygen atoms in total. The normalized spacial score (nSPS) is 14.1. The highest BCUT2D eigenvalue weighted by atomic mass is 16.5. The first-order chi connectivity index (χ1) is 9.56. The zero-order valence-corrected chi connectivity index (χ0v) is 12.7. The smallest absolute Gasteiger partial charge is 0.122 e. The Balaban J connectivity index is 2.33. The minimum atomic E-state index is -0.552. The molecule has 0 aliphatic rings. The van der Waals surface area contributed by atoms with Gasteiger partial charge >= 0.3 is 0 Å². The second kappa shape index (κ2) is 8.95. The number of aryl methyl sites for hydroxylation is 2. The number of hydrogen-bond donors (Lipinski definition) is 3. The van der Waals surface area contributed by atoms with E-state index in [4.69, 9.17) is 9.84 Å². The van der Waals surface area contributed by atoms with Crippen LogP contribution in [0, 0.1) is 13.8 Å². The Morgan fingerprint density at radius 1 is 1.30 bits per heavy atom. The standard InChI is InChI=1S/C16H27NO3/c1-4-14(7-8-18)17-10-15(19)11-20-16-6-5-12(2)9-13(16)3/h5-6,9,14-15,17-19H,4,7-8,10-11H2,1-3H3. The molecule has 0 fully saturated rings. The summed E-state index contributed by atoms with van der Waals surface area (Å²) in [6, 6.07) is 6.25. The van der Waals surface area contributed by atoms with Crippen molar-refractivity contribution in [1.82, 2.24) is 5.32 Å². The second-order valence-electron chi connectivity index (χ2n) is 5.26. The molecule has 114 valence electrons. The van der Waals surface area contributed by atoms with Crippen LogP contribution in [-0.4, -0.2) is 42.1 Å². The Labute approximate surface area is 121 Å². The highest BCUT2D eigenvalue weighted by Gasteiger charge is 2.10. The molecule has 0 radical (unpaired) electrons. The Hall–Kier alpha value is -1.10. The molecule has 0 bridgehead atoms. The van der Waals surface area contributed by atoms with Crippen LogP contribution in [0.2, 0.25) is 0 Å². The molecule has 0 spiro atoms. The Bertz CT molecular complexity index is 395. The van der Waals surface area contributed by atoms with Gasteiger partial charge in [-0.3, -0.25) is 0 Å². The summed E-state index contributed by atoms with van der Waals surface area (Å²) in [4.78, 5) is 0. The van der Waals surface area contributed by atoms with Gasteiger partial charge in [0.25, 0.3) is 0 Å². The number of aliphatic hydroxyl groups excluding tert-OH is 2. The van der Waals surface area contributed by atoms with Crippen LogP contribution in [0.25, 0.3) is 0 Å². The summed E-state index contributed by atoms with van der Waals surface area (Å²) in [6.45, 7) is 7.02. The number of benzene rings is 1. The van der Waals surface area contributed by atoms with E-state index < -0.39 is 6.10 Å². The molecule has 0 amide bonds. The van der Waals surface area contributed by atoms with Gasteiger partial charge in [0.1, 0.15) is 18.5 Å². The van der Waals surface area contributed by atoms with Crippen molar-refractivity contribution in [3.8, 4) is 5.75 Å². The topological polar surface area (TPSA) is 61.7 Å². The Kier molecular flexibility index (Phi) is 7.59. The first kappa shape index (κ1) is 17.0. The Morgan fingerprint density at radius 3 is 2.65 bits per heavy atom. The van der Waals surface area contributed by atoms with Gasteiger partial charge in [0.2, 0.25) is 0 Å². The Morgan fingerprint density at radius 2 is 2.05 bits per heavy atom. The molecule has 1 rings (SSSR count). The van der Waals surface area contributed by atoms with Crippen molar-refractivity contribution in [3.63, 3.8) is 0 Å². The first-order valence-corrected chi connectivity index (χ1v) is 7.29. The van der Waals surface area contributed by atoms with E-state index in [1.165, 1.54) is 5.56 Å². The average Bonchev–Trinajstić information content (AvgIpc) is 2.42. The maximum atomic E-state index is 9.92. The van der Waals surface area contributed by atoms with Crippen LogP contribution in [0.5, 0.6) is 5.75 Å². The minimum Gasteiger partial charge on any atom is -0.491 e. The van der Waals surface area contributed by atoms with E-state index in [1.54, 1.807) is 0 Å². The molecule has 1 aromatic carbocycles. The largest absolute Gasteiger partial charge is 0.491 e. The second-order valence-corrected chi connectivity index (χ2v) is 5.26. The fraction of sp³-hybridized carbons (Fsp3) is 0.625. The van der Waals surface area contributed by atoms with E-state index in [0.717, 1.165) is 17.7 Å². The maximum absolute atomic E-state index is 9.92. The molecule has 0 aromatic heterocycles. The quantitative estimate of drug-likeness (QED) is 0.646. The van der Waals surface area contributed by atoms with Crippen molar-refractivity contribution in [2.45, 2.75) is 45.8 Å². The predicted molar refractivity (Wildman–Crippen MR) is 81.2 cm³/mol.